The van der Waals surface area contributed by atoms with Gasteiger partial charge in [-0.25, -0.2) is 4.98 Å². The van der Waals surface area contributed by atoms with Crippen LogP contribution in [0.15, 0.2) is 42.6 Å². The molecule has 0 bridgehead atoms. The number of halogens is 1. The summed E-state index contributed by atoms with van der Waals surface area (Å²) in [7, 11) is 2.10. The van der Waals surface area contributed by atoms with Crippen molar-refractivity contribution in [1.29, 1.82) is 0 Å². The van der Waals surface area contributed by atoms with Crippen molar-refractivity contribution in [3.63, 3.8) is 0 Å². The standard InChI is InChI=1S/C16H20ClN3/c1-3-18-16-8-7-14(10-19-16)12-20(2)11-13-5-4-6-15(17)9-13/h4-10H,3,11-12H2,1-2H3,(H,18,19). The first-order valence-corrected chi connectivity index (χ1v) is 7.17. The molecule has 2 aromatic rings. The van der Waals surface area contributed by atoms with Crippen LogP contribution in [0.3, 0.4) is 0 Å². The Labute approximate surface area is 125 Å². The molecule has 106 valence electrons. The van der Waals surface area contributed by atoms with E-state index in [-0.39, 0.29) is 0 Å². The van der Waals surface area contributed by atoms with Crippen molar-refractivity contribution in [2.45, 2.75) is 20.0 Å². The molecule has 0 radical (unpaired) electrons. The Balaban J connectivity index is 1.92. The monoisotopic (exact) mass is 289 g/mol. The van der Waals surface area contributed by atoms with Gasteiger partial charge in [0.15, 0.2) is 0 Å². The average molecular weight is 290 g/mol. The van der Waals surface area contributed by atoms with E-state index in [9.17, 15) is 0 Å². The molecule has 0 aliphatic rings. The second kappa shape index (κ2) is 7.27. The summed E-state index contributed by atoms with van der Waals surface area (Å²) in [5.41, 5.74) is 2.42. The molecule has 0 unspecified atom stereocenters. The zero-order chi connectivity index (χ0) is 14.4. The predicted molar refractivity (Wildman–Crippen MR) is 85.0 cm³/mol. The Morgan fingerprint density at radius 1 is 1.15 bits per heavy atom. The van der Waals surface area contributed by atoms with Crippen molar-refractivity contribution >= 4 is 17.4 Å². The van der Waals surface area contributed by atoms with Gasteiger partial charge < -0.3 is 5.32 Å². The molecule has 3 nitrogen and oxygen atoms in total. The first-order valence-electron chi connectivity index (χ1n) is 6.79. The summed E-state index contributed by atoms with van der Waals surface area (Å²) in [4.78, 5) is 6.63. The highest BCUT2D eigenvalue weighted by molar-refractivity contribution is 6.30. The van der Waals surface area contributed by atoms with Crippen LogP contribution >= 0.6 is 11.6 Å². The lowest BCUT2D eigenvalue weighted by Crippen LogP contribution is -2.17. The van der Waals surface area contributed by atoms with Crippen LogP contribution in [-0.2, 0) is 13.1 Å². The molecule has 2 rings (SSSR count). The number of hydrogen-bond acceptors (Lipinski definition) is 3. The molecular weight excluding hydrogens is 270 g/mol. The van der Waals surface area contributed by atoms with Gasteiger partial charge in [0, 0.05) is 30.9 Å². The smallest absolute Gasteiger partial charge is 0.125 e. The topological polar surface area (TPSA) is 28.2 Å². The van der Waals surface area contributed by atoms with Crippen LogP contribution in [0, 0.1) is 0 Å². The molecule has 0 aliphatic carbocycles. The quantitative estimate of drug-likeness (QED) is 0.877. The van der Waals surface area contributed by atoms with E-state index in [2.05, 4.69) is 41.3 Å². The summed E-state index contributed by atoms with van der Waals surface area (Å²) >= 11 is 6.00. The number of nitrogens with one attached hydrogen (secondary N) is 1. The number of nitrogens with zero attached hydrogens (tertiary/aromatic N) is 2. The minimum atomic E-state index is 0.785. The van der Waals surface area contributed by atoms with E-state index in [1.165, 1.54) is 11.1 Å². The van der Waals surface area contributed by atoms with Gasteiger partial charge in [-0.15, -0.1) is 0 Å². The largest absolute Gasteiger partial charge is 0.370 e. The van der Waals surface area contributed by atoms with Crippen LogP contribution in [0.5, 0.6) is 0 Å². The van der Waals surface area contributed by atoms with Crippen LogP contribution in [0.4, 0.5) is 5.82 Å². The minimum Gasteiger partial charge on any atom is -0.370 e. The third-order valence-corrected chi connectivity index (χ3v) is 3.21. The summed E-state index contributed by atoms with van der Waals surface area (Å²) in [5, 5.41) is 3.98. The van der Waals surface area contributed by atoms with Crippen LogP contribution in [-0.4, -0.2) is 23.5 Å². The van der Waals surface area contributed by atoms with Gasteiger partial charge in [0.25, 0.3) is 0 Å². The molecule has 4 heteroatoms. The number of pyridine rings is 1. The number of aromatic nitrogens is 1. The lowest BCUT2D eigenvalue weighted by molar-refractivity contribution is 0.319. The van der Waals surface area contributed by atoms with Crippen molar-refractivity contribution in [3.8, 4) is 0 Å². The van der Waals surface area contributed by atoms with Crippen molar-refractivity contribution in [2.24, 2.45) is 0 Å². The van der Waals surface area contributed by atoms with E-state index in [0.29, 0.717) is 0 Å². The number of rotatable bonds is 6. The lowest BCUT2D eigenvalue weighted by atomic mass is 10.2. The molecule has 0 fully saturated rings. The first kappa shape index (κ1) is 14.8. The third-order valence-electron chi connectivity index (χ3n) is 2.98. The molecule has 0 atom stereocenters. The fourth-order valence-electron chi connectivity index (χ4n) is 2.12. The molecule has 0 saturated carbocycles. The predicted octanol–water partition coefficient (Wildman–Crippen LogP) is 3.80. The fourth-order valence-corrected chi connectivity index (χ4v) is 2.33. The van der Waals surface area contributed by atoms with Crippen LogP contribution in [0.25, 0.3) is 0 Å². The zero-order valence-corrected chi connectivity index (χ0v) is 12.7. The summed E-state index contributed by atoms with van der Waals surface area (Å²) in [6.45, 7) is 4.69. The Bertz CT molecular complexity index is 540. The maximum absolute atomic E-state index is 6.00. The van der Waals surface area contributed by atoms with Gasteiger partial charge in [-0.05, 0) is 43.3 Å². The van der Waals surface area contributed by atoms with Crippen molar-refractivity contribution in [1.82, 2.24) is 9.88 Å². The van der Waals surface area contributed by atoms with Gasteiger partial charge in [-0.2, -0.15) is 0 Å². The normalized spacial score (nSPS) is 10.8. The minimum absolute atomic E-state index is 0.785. The van der Waals surface area contributed by atoms with Crippen molar-refractivity contribution in [2.75, 3.05) is 18.9 Å². The highest BCUT2D eigenvalue weighted by Gasteiger charge is 2.03. The molecular formula is C16H20ClN3. The highest BCUT2D eigenvalue weighted by atomic mass is 35.5. The summed E-state index contributed by atoms with van der Waals surface area (Å²) in [5.74, 6) is 0.925. The molecule has 1 heterocycles. The molecule has 0 amide bonds. The third kappa shape index (κ3) is 4.51. The molecule has 0 saturated heterocycles. The molecule has 0 spiro atoms. The Kier molecular flexibility index (Phi) is 5.39. The van der Waals surface area contributed by atoms with Crippen LogP contribution in [0.1, 0.15) is 18.1 Å². The van der Waals surface area contributed by atoms with E-state index >= 15 is 0 Å². The van der Waals surface area contributed by atoms with E-state index in [4.69, 9.17) is 11.6 Å². The fraction of sp³-hybridized carbons (Fsp3) is 0.312. The summed E-state index contributed by atoms with van der Waals surface area (Å²) in [6, 6.07) is 12.1. The second-order valence-electron chi connectivity index (χ2n) is 4.88. The Hall–Kier alpha value is -1.58. The molecule has 1 aromatic carbocycles. The SMILES string of the molecule is CCNc1ccc(CN(C)Cc2cccc(Cl)c2)cn1. The maximum atomic E-state index is 6.00. The summed E-state index contributed by atoms with van der Waals surface area (Å²) in [6.07, 6.45) is 1.92. The van der Waals surface area contributed by atoms with E-state index < -0.39 is 0 Å². The van der Waals surface area contributed by atoms with Crippen molar-refractivity contribution < 1.29 is 0 Å². The Morgan fingerprint density at radius 3 is 2.60 bits per heavy atom. The van der Waals surface area contributed by atoms with Gasteiger partial charge in [-0.3, -0.25) is 4.90 Å². The maximum Gasteiger partial charge on any atom is 0.125 e. The van der Waals surface area contributed by atoms with Gasteiger partial charge in [0.05, 0.1) is 0 Å². The van der Waals surface area contributed by atoms with Crippen LogP contribution in [0.2, 0.25) is 5.02 Å². The molecule has 20 heavy (non-hydrogen) atoms. The summed E-state index contributed by atoms with van der Waals surface area (Å²) < 4.78 is 0. The number of anilines is 1. The van der Waals surface area contributed by atoms with Crippen LogP contribution < -0.4 is 5.32 Å². The van der Waals surface area contributed by atoms with Gasteiger partial charge >= 0.3 is 0 Å². The Morgan fingerprint density at radius 2 is 1.95 bits per heavy atom. The molecule has 1 N–H and O–H groups in total. The van der Waals surface area contributed by atoms with E-state index in [0.717, 1.165) is 30.5 Å². The second-order valence-corrected chi connectivity index (χ2v) is 5.32. The number of benzene rings is 1. The molecule has 1 aromatic heterocycles. The van der Waals surface area contributed by atoms with E-state index in [1.54, 1.807) is 0 Å². The first-order chi connectivity index (χ1) is 9.67. The van der Waals surface area contributed by atoms with E-state index in [1.807, 2.05) is 30.5 Å². The highest BCUT2D eigenvalue weighted by Crippen LogP contribution is 2.13. The van der Waals surface area contributed by atoms with Gasteiger partial charge in [-0.1, -0.05) is 29.8 Å². The molecule has 0 aliphatic heterocycles. The van der Waals surface area contributed by atoms with Gasteiger partial charge in [0.2, 0.25) is 0 Å². The van der Waals surface area contributed by atoms with Gasteiger partial charge in [0.1, 0.15) is 5.82 Å². The number of hydrogen-bond donors (Lipinski definition) is 1. The lowest BCUT2D eigenvalue weighted by Gasteiger charge is -2.17. The van der Waals surface area contributed by atoms with Crippen molar-refractivity contribution in [3.05, 3.63) is 58.7 Å². The average Bonchev–Trinajstić information content (AvgIpc) is 2.41. The zero-order valence-electron chi connectivity index (χ0n) is 11.9.